The van der Waals surface area contributed by atoms with Crippen LogP contribution in [0.5, 0.6) is 0 Å². The zero-order valence-corrected chi connectivity index (χ0v) is 19.8. The summed E-state index contributed by atoms with van der Waals surface area (Å²) in [6.07, 6.45) is 0. The van der Waals surface area contributed by atoms with Crippen LogP contribution in [-0.2, 0) is 0 Å². The number of anilines is 1. The fourth-order valence-corrected chi connectivity index (χ4v) is 4.01. The van der Waals surface area contributed by atoms with E-state index in [9.17, 15) is 10.1 Å². The number of para-hydroxylation sites is 2. The second-order valence-electron chi connectivity index (χ2n) is 8.54. The summed E-state index contributed by atoms with van der Waals surface area (Å²) in [5, 5.41) is 10.6. The molecule has 0 saturated carbocycles. The van der Waals surface area contributed by atoms with E-state index in [0.29, 0.717) is 0 Å². The molecule has 4 N–H and O–H groups in total. The maximum atomic E-state index is 10.6. The summed E-state index contributed by atoms with van der Waals surface area (Å²) in [4.78, 5) is 25.9. The van der Waals surface area contributed by atoms with E-state index < -0.39 is 4.92 Å². The number of H-pyrrole nitrogens is 2. The van der Waals surface area contributed by atoms with Gasteiger partial charge in [0, 0.05) is 28.9 Å². The van der Waals surface area contributed by atoms with Gasteiger partial charge in [-0.1, -0.05) is 24.3 Å². The molecule has 0 amide bonds. The molecule has 0 unspecified atom stereocenters. The molecule has 0 aliphatic heterocycles. The molecule has 0 radical (unpaired) electrons. The summed E-state index contributed by atoms with van der Waals surface area (Å²) in [7, 11) is 0. The van der Waals surface area contributed by atoms with Gasteiger partial charge in [-0.2, -0.15) is 0 Å². The number of aromatic nitrogens is 4. The lowest BCUT2D eigenvalue weighted by Gasteiger charge is -1.96. The number of nitrogens with two attached hydrogens (primary N) is 1. The topological polar surface area (TPSA) is 127 Å². The first-order chi connectivity index (χ1) is 17.4. The van der Waals surface area contributed by atoms with Crippen molar-refractivity contribution < 1.29 is 4.92 Å². The van der Waals surface area contributed by atoms with E-state index in [1.165, 1.54) is 17.7 Å². The fraction of sp³-hybridized carbons (Fsp3) is 0.0714. The van der Waals surface area contributed by atoms with Gasteiger partial charge >= 0.3 is 0 Å². The number of hydrogen-bond acceptors (Lipinski definition) is 5. The molecule has 8 heteroatoms. The van der Waals surface area contributed by atoms with E-state index in [1.807, 2.05) is 61.5 Å². The van der Waals surface area contributed by atoms with E-state index >= 15 is 0 Å². The SMILES string of the molecule is Cc1cccc2[nH]c(-c3ccc(N)cc3)nc12.Cc1cccc2[nH]c(-c3ccc([N+](=O)[O-])cc3)nc12. The molecular weight excluding hydrogens is 452 g/mol. The zero-order valence-electron chi connectivity index (χ0n) is 19.8. The van der Waals surface area contributed by atoms with Crippen molar-refractivity contribution in [3.63, 3.8) is 0 Å². The number of nitrogen functional groups attached to an aromatic ring is 1. The van der Waals surface area contributed by atoms with Crippen LogP contribution in [0.1, 0.15) is 11.1 Å². The van der Waals surface area contributed by atoms with Crippen molar-refractivity contribution >= 4 is 33.4 Å². The minimum atomic E-state index is -0.410. The van der Waals surface area contributed by atoms with E-state index in [2.05, 4.69) is 32.9 Å². The van der Waals surface area contributed by atoms with Crippen LogP contribution in [0.2, 0.25) is 0 Å². The molecule has 4 aromatic carbocycles. The third-order valence-corrected chi connectivity index (χ3v) is 5.96. The molecular formula is C28H24N6O2. The summed E-state index contributed by atoms with van der Waals surface area (Å²) in [5.74, 6) is 1.61. The molecule has 0 fully saturated rings. The monoisotopic (exact) mass is 476 g/mol. The lowest BCUT2D eigenvalue weighted by atomic mass is 10.2. The predicted molar refractivity (Wildman–Crippen MR) is 144 cm³/mol. The summed E-state index contributed by atoms with van der Waals surface area (Å²) in [6.45, 7) is 4.07. The maximum Gasteiger partial charge on any atom is 0.269 e. The molecule has 8 nitrogen and oxygen atoms in total. The van der Waals surface area contributed by atoms with Gasteiger partial charge in [-0.3, -0.25) is 10.1 Å². The number of imidazole rings is 2. The quantitative estimate of drug-likeness (QED) is 0.151. The number of nitro groups is 1. The van der Waals surface area contributed by atoms with Crippen molar-refractivity contribution in [3.8, 4) is 22.8 Å². The van der Waals surface area contributed by atoms with E-state index in [-0.39, 0.29) is 5.69 Å². The van der Waals surface area contributed by atoms with Gasteiger partial charge in [-0.05, 0) is 73.5 Å². The second kappa shape index (κ2) is 9.34. The number of hydrogen-bond donors (Lipinski definition) is 3. The Hall–Kier alpha value is -4.98. The van der Waals surface area contributed by atoms with Crippen molar-refractivity contribution in [2.75, 3.05) is 5.73 Å². The van der Waals surface area contributed by atoms with Gasteiger partial charge in [0.15, 0.2) is 0 Å². The van der Waals surface area contributed by atoms with Crippen LogP contribution in [-0.4, -0.2) is 24.9 Å². The van der Waals surface area contributed by atoms with Crippen molar-refractivity contribution in [2.45, 2.75) is 13.8 Å². The Bertz CT molecular complexity index is 1680. The molecule has 0 spiro atoms. The Morgan fingerprint density at radius 3 is 1.56 bits per heavy atom. The Morgan fingerprint density at radius 2 is 1.14 bits per heavy atom. The first-order valence-corrected chi connectivity index (χ1v) is 11.4. The van der Waals surface area contributed by atoms with Crippen molar-refractivity contribution in [1.29, 1.82) is 0 Å². The summed E-state index contributed by atoms with van der Waals surface area (Å²) >= 11 is 0. The largest absolute Gasteiger partial charge is 0.399 e. The van der Waals surface area contributed by atoms with Gasteiger partial charge in [0.1, 0.15) is 11.6 Å². The van der Waals surface area contributed by atoms with Crippen LogP contribution >= 0.6 is 0 Å². The van der Waals surface area contributed by atoms with Crippen molar-refractivity contribution in [2.24, 2.45) is 0 Å². The van der Waals surface area contributed by atoms with Gasteiger partial charge in [-0.15, -0.1) is 0 Å². The van der Waals surface area contributed by atoms with Crippen LogP contribution in [0.4, 0.5) is 11.4 Å². The average Bonchev–Trinajstić information content (AvgIpc) is 3.51. The van der Waals surface area contributed by atoms with Crippen molar-refractivity contribution in [1.82, 2.24) is 19.9 Å². The highest BCUT2D eigenvalue weighted by molar-refractivity contribution is 5.83. The summed E-state index contributed by atoms with van der Waals surface area (Å²) in [5.41, 5.74) is 14.7. The number of nitrogens with zero attached hydrogens (tertiary/aromatic N) is 3. The number of nitrogens with one attached hydrogen (secondary N) is 2. The maximum absolute atomic E-state index is 10.6. The molecule has 178 valence electrons. The molecule has 0 aliphatic carbocycles. The third-order valence-electron chi connectivity index (χ3n) is 5.96. The van der Waals surface area contributed by atoms with Gasteiger partial charge < -0.3 is 15.7 Å². The summed E-state index contributed by atoms with van der Waals surface area (Å²) in [6, 6.07) is 26.1. The molecule has 6 rings (SSSR count). The minimum Gasteiger partial charge on any atom is -0.399 e. The highest BCUT2D eigenvalue weighted by Gasteiger charge is 2.09. The molecule has 36 heavy (non-hydrogen) atoms. The number of benzene rings is 4. The molecule has 0 bridgehead atoms. The van der Waals surface area contributed by atoms with Crippen LogP contribution in [0, 0.1) is 24.0 Å². The predicted octanol–water partition coefficient (Wildman–Crippen LogP) is 6.57. The van der Waals surface area contributed by atoms with Gasteiger partial charge in [0.2, 0.25) is 0 Å². The molecule has 2 aromatic heterocycles. The highest BCUT2D eigenvalue weighted by atomic mass is 16.6. The number of rotatable bonds is 3. The number of aromatic amines is 2. The smallest absolute Gasteiger partial charge is 0.269 e. The number of aryl methyl sites for hydroxylation is 2. The average molecular weight is 477 g/mol. The summed E-state index contributed by atoms with van der Waals surface area (Å²) < 4.78 is 0. The lowest BCUT2D eigenvalue weighted by molar-refractivity contribution is -0.384. The lowest BCUT2D eigenvalue weighted by Crippen LogP contribution is -1.87. The van der Waals surface area contributed by atoms with Crippen LogP contribution < -0.4 is 5.73 Å². The van der Waals surface area contributed by atoms with Crippen LogP contribution in [0.15, 0.2) is 84.9 Å². The van der Waals surface area contributed by atoms with E-state index in [4.69, 9.17) is 5.73 Å². The van der Waals surface area contributed by atoms with Gasteiger partial charge in [-0.25, -0.2) is 9.97 Å². The molecule has 2 heterocycles. The Morgan fingerprint density at radius 1 is 0.694 bits per heavy atom. The highest BCUT2D eigenvalue weighted by Crippen LogP contribution is 2.25. The van der Waals surface area contributed by atoms with E-state index in [1.54, 1.807) is 12.1 Å². The zero-order chi connectivity index (χ0) is 25.2. The van der Waals surface area contributed by atoms with Gasteiger partial charge in [0.25, 0.3) is 5.69 Å². The number of fused-ring (bicyclic) bond motifs is 2. The first kappa shape index (κ1) is 22.8. The minimum absolute atomic E-state index is 0.0797. The Kier molecular flexibility index (Phi) is 5.92. The Balaban J connectivity index is 0.000000149. The standard InChI is InChI=1S/C14H11N3O2.C14H13N3/c1-9-3-2-4-12-13(9)16-14(15-12)10-5-7-11(8-6-10)17(18)19;1-9-3-2-4-12-13(9)17-14(16-12)10-5-7-11(15)8-6-10/h2-8H,1H3,(H,15,16);2-8H,15H2,1H3,(H,16,17). The van der Waals surface area contributed by atoms with Crippen LogP contribution in [0.25, 0.3) is 44.8 Å². The molecule has 0 saturated heterocycles. The molecule has 0 aliphatic rings. The van der Waals surface area contributed by atoms with E-state index in [0.717, 1.165) is 56.1 Å². The van der Waals surface area contributed by atoms with Crippen molar-refractivity contribution in [3.05, 3.63) is 106 Å². The molecule has 0 atom stereocenters. The van der Waals surface area contributed by atoms with Crippen LogP contribution in [0.3, 0.4) is 0 Å². The Labute approximate surface area is 207 Å². The fourth-order valence-electron chi connectivity index (χ4n) is 4.01. The molecule has 6 aromatic rings. The third kappa shape index (κ3) is 4.52. The normalized spacial score (nSPS) is 10.8. The second-order valence-corrected chi connectivity index (χ2v) is 8.54. The first-order valence-electron chi connectivity index (χ1n) is 11.4. The number of nitro benzene ring substituents is 1. The van der Waals surface area contributed by atoms with Gasteiger partial charge in [0.05, 0.1) is 27.0 Å². The number of non-ortho nitro benzene ring substituents is 1.